The third kappa shape index (κ3) is 4.19. The van der Waals surface area contributed by atoms with Crippen LogP contribution >= 0.6 is 11.8 Å². The molecule has 1 N–H and O–H groups in total. The molecule has 0 unspecified atom stereocenters. The summed E-state index contributed by atoms with van der Waals surface area (Å²) in [6.45, 7) is 2.04. The predicted molar refractivity (Wildman–Crippen MR) is 149 cm³/mol. The van der Waals surface area contributed by atoms with Crippen molar-refractivity contribution in [1.82, 2.24) is 14.6 Å². The van der Waals surface area contributed by atoms with Crippen LogP contribution in [0.5, 0.6) is 0 Å². The van der Waals surface area contributed by atoms with Crippen molar-refractivity contribution in [2.45, 2.75) is 12.1 Å². The topological polar surface area (TPSA) is 96.2 Å². The summed E-state index contributed by atoms with van der Waals surface area (Å²) in [4.78, 5) is 13.1. The summed E-state index contributed by atoms with van der Waals surface area (Å²) in [6.07, 6.45) is 0. The van der Waals surface area contributed by atoms with Crippen molar-refractivity contribution in [1.29, 1.82) is 5.26 Å². The van der Waals surface area contributed by atoms with E-state index in [-0.39, 0.29) is 23.1 Å². The minimum Gasteiger partial charge on any atom is -0.438 e. The highest BCUT2D eigenvalue weighted by molar-refractivity contribution is 7.99. The average Bonchev–Trinajstić information content (AvgIpc) is 3.54. The molecule has 3 heterocycles. The van der Waals surface area contributed by atoms with Gasteiger partial charge in [0.1, 0.15) is 17.4 Å². The Morgan fingerprint density at radius 1 is 0.974 bits per heavy atom. The van der Waals surface area contributed by atoms with Gasteiger partial charge in [-0.05, 0) is 30.2 Å². The molecule has 0 radical (unpaired) electrons. The zero-order valence-electron chi connectivity index (χ0n) is 20.4. The highest BCUT2D eigenvalue weighted by Gasteiger charge is 2.24. The highest BCUT2D eigenvalue weighted by Crippen LogP contribution is 2.41. The molecule has 184 valence electrons. The molecule has 0 saturated carbocycles. The third-order valence-corrected chi connectivity index (χ3v) is 7.21. The van der Waals surface area contributed by atoms with Crippen molar-refractivity contribution in [3.63, 3.8) is 0 Å². The smallest absolute Gasteiger partial charge is 0.237 e. The number of hydrogen-bond donors (Lipinski definition) is 1. The van der Waals surface area contributed by atoms with Gasteiger partial charge in [-0.3, -0.25) is 14.5 Å². The normalized spacial score (nSPS) is 11.1. The molecule has 38 heavy (non-hydrogen) atoms. The zero-order chi connectivity index (χ0) is 26.1. The Morgan fingerprint density at radius 2 is 1.66 bits per heavy atom. The SMILES string of the molecule is Cc1cc2nnc(SCC(=O)Nc3oc(-c4ccccc4)c(-c4ccccc4)c3C#N)n2c2ccccc12. The predicted octanol–water partition coefficient (Wildman–Crippen LogP) is 6.72. The maximum atomic E-state index is 13.1. The quantitative estimate of drug-likeness (QED) is 0.247. The first kappa shape index (κ1) is 23.5. The van der Waals surface area contributed by atoms with E-state index in [1.54, 1.807) is 0 Å². The fourth-order valence-corrected chi connectivity index (χ4v) is 5.31. The molecule has 6 rings (SSSR count). The van der Waals surface area contributed by atoms with Crippen molar-refractivity contribution in [2.75, 3.05) is 11.1 Å². The number of carbonyl (C=O) groups is 1. The molecule has 3 aromatic carbocycles. The number of nitrogens with zero attached hydrogens (tertiary/aromatic N) is 4. The van der Waals surface area contributed by atoms with E-state index in [1.807, 2.05) is 96.3 Å². The number of anilines is 1. The van der Waals surface area contributed by atoms with Gasteiger partial charge in [-0.1, -0.05) is 90.6 Å². The van der Waals surface area contributed by atoms with Gasteiger partial charge in [0.2, 0.25) is 11.8 Å². The number of hydrogen-bond acceptors (Lipinski definition) is 6. The number of aromatic nitrogens is 3. The number of nitrogens with one attached hydrogen (secondary N) is 1. The molecule has 0 spiro atoms. The third-order valence-electron chi connectivity index (χ3n) is 6.28. The molecule has 0 atom stereocenters. The van der Waals surface area contributed by atoms with E-state index in [0.717, 1.165) is 33.2 Å². The van der Waals surface area contributed by atoms with Crippen LogP contribution in [0.15, 0.2) is 101 Å². The second kappa shape index (κ2) is 9.88. The van der Waals surface area contributed by atoms with Gasteiger partial charge in [0, 0.05) is 16.5 Å². The number of aryl methyl sites for hydroxylation is 1. The van der Waals surface area contributed by atoms with Crippen LogP contribution in [0.25, 0.3) is 39.0 Å². The van der Waals surface area contributed by atoms with E-state index in [4.69, 9.17) is 4.42 Å². The lowest BCUT2D eigenvalue weighted by atomic mass is 9.98. The van der Waals surface area contributed by atoms with Crippen LogP contribution in [0, 0.1) is 18.3 Å². The minimum absolute atomic E-state index is 0.0654. The summed E-state index contributed by atoms with van der Waals surface area (Å²) < 4.78 is 8.08. The summed E-state index contributed by atoms with van der Waals surface area (Å²) >= 11 is 1.27. The number of benzene rings is 3. The molecule has 0 bridgehead atoms. The number of furan rings is 1. The van der Waals surface area contributed by atoms with Gasteiger partial charge >= 0.3 is 0 Å². The summed E-state index contributed by atoms with van der Waals surface area (Å²) in [5.41, 5.74) is 5.39. The number of thioether (sulfide) groups is 1. The summed E-state index contributed by atoms with van der Waals surface area (Å²) in [5.74, 6) is 0.410. The van der Waals surface area contributed by atoms with Crippen LogP contribution in [0.1, 0.15) is 11.1 Å². The monoisotopic (exact) mass is 515 g/mol. The zero-order valence-corrected chi connectivity index (χ0v) is 21.2. The molecule has 3 aromatic heterocycles. The fourth-order valence-electron chi connectivity index (χ4n) is 4.56. The van der Waals surface area contributed by atoms with Gasteiger partial charge in [0.05, 0.1) is 11.3 Å². The first-order valence-electron chi connectivity index (χ1n) is 12.0. The van der Waals surface area contributed by atoms with Gasteiger partial charge in [0.15, 0.2) is 10.8 Å². The second-order valence-electron chi connectivity index (χ2n) is 8.71. The Labute approximate surface area is 222 Å². The van der Waals surface area contributed by atoms with Gasteiger partial charge in [0.25, 0.3) is 0 Å². The van der Waals surface area contributed by atoms with Crippen molar-refractivity contribution in [3.05, 3.63) is 102 Å². The Hall–Kier alpha value is -4.87. The molecular formula is C30H21N5O2S. The number of para-hydroxylation sites is 1. The standard InChI is InChI=1S/C30H21N5O2S/c1-19-16-25-33-34-30(35(25)24-15-9-8-14-22(19)24)38-18-26(36)32-29-23(17-31)27(20-10-4-2-5-11-20)28(37-29)21-12-6-3-7-13-21/h2-16H,18H2,1H3,(H,32,36). The Bertz CT molecular complexity index is 1840. The lowest BCUT2D eigenvalue weighted by molar-refractivity contribution is -0.113. The molecule has 0 aliphatic carbocycles. The summed E-state index contributed by atoms with van der Waals surface area (Å²) in [6, 6.07) is 31.4. The molecule has 0 fully saturated rings. The van der Waals surface area contributed by atoms with E-state index < -0.39 is 0 Å². The van der Waals surface area contributed by atoms with Crippen LogP contribution in [-0.4, -0.2) is 26.3 Å². The van der Waals surface area contributed by atoms with E-state index in [1.165, 1.54) is 11.8 Å². The average molecular weight is 516 g/mol. The van der Waals surface area contributed by atoms with Crippen LogP contribution in [0.3, 0.4) is 0 Å². The Balaban J connectivity index is 1.31. The Kier molecular flexibility index (Phi) is 6.12. The molecule has 0 aliphatic heterocycles. The number of fused-ring (bicyclic) bond motifs is 3. The highest BCUT2D eigenvalue weighted by atomic mass is 32.2. The largest absolute Gasteiger partial charge is 0.438 e. The number of amides is 1. The molecule has 6 aromatic rings. The minimum atomic E-state index is -0.312. The number of pyridine rings is 1. The van der Waals surface area contributed by atoms with Gasteiger partial charge in [-0.25, -0.2) is 0 Å². The van der Waals surface area contributed by atoms with Crippen molar-refractivity contribution >= 4 is 40.1 Å². The van der Waals surface area contributed by atoms with E-state index in [9.17, 15) is 10.1 Å². The fraction of sp³-hybridized carbons (Fsp3) is 0.0667. The lowest BCUT2D eigenvalue weighted by Crippen LogP contribution is -2.14. The molecular weight excluding hydrogens is 494 g/mol. The van der Waals surface area contributed by atoms with Crippen molar-refractivity contribution in [3.8, 4) is 28.5 Å². The molecule has 8 heteroatoms. The summed E-state index contributed by atoms with van der Waals surface area (Å²) in [7, 11) is 0. The number of rotatable bonds is 6. The van der Waals surface area contributed by atoms with Crippen LogP contribution in [0.2, 0.25) is 0 Å². The molecule has 0 saturated heterocycles. The van der Waals surface area contributed by atoms with Crippen molar-refractivity contribution in [2.24, 2.45) is 0 Å². The molecule has 1 amide bonds. The van der Waals surface area contributed by atoms with E-state index in [0.29, 0.717) is 16.5 Å². The first-order chi connectivity index (χ1) is 18.6. The van der Waals surface area contributed by atoms with E-state index in [2.05, 4.69) is 27.6 Å². The van der Waals surface area contributed by atoms with E-state index >= 15 is 0 Å². The van der Waals surface area contributed by atoms with Gasteiger partial charge in [-0.15, -0.1) is 10.2 Å². The van der Waals surface area contributed by atoms with Crippen LogP contribution in [0.4, 0.5) is 5.88 Å². The second-order valence-corrected chi connectivity index (χ2v) is 9.65. The Morgan fingerprint density at radius 3 is 2.39 bits per heavy atom. The van der Waals surface area contributed by atoms with Crippen LogP contribution in [-0.2, 0) is 4.79 Å². The van der Waals surface area contributed by atoms with Gasteiger partial charge in [-0.2, -0.15) is 5.26 Å². The first-order valence-corrected chi connectivity index (χ1v) is 13.0. The lowest BCUT2D eigenvalue weighted by Gasteiger charge is -2.07. The van der Waals surface area contributed by atoms with Gasteiger partial charge < -0.3 is 4.42 Å². The number of carbonyl (C=O) groups excluding carboxylic acids is 1. The molecule has 0 aliphatic rings. The van der Waals surface area contributed by atoms with Crippen LogP contribution < -0.4 is 5.32 Å². The summed E-state index contributed by atoms with van der Waals surface area (Å²) in [5, 5.41) is 23.2. The number of nitriles is 1. The maximum absolute atomic E-state index is 13.1. The van der Waals surface area contributed by atoms with Crippen molar-refractivity contribution < 1.29 is 9.21 Å². The maximum Gasteiger partial charge on any atom is 0.237 e. The molecule has 7 nitrogen and oxygen atoms in total.